The Balaban J connectivity index is 1.41. The zero-order valence-electron chi connectivity index (χ0n) is 15.8. The first-order valence-electron chi connectivity index (χ1n) is 9.34. The largest absolute Gasteiger partial charge is 0.338 e. The highest BCUT2D eigenvalue weighted by Gasteiger charge is 2.29. The first kappa shape index (κ1) is 17.7. The van der Waals surface area contributed by atoms with E-state index < -0.39 is 0 Å². The Kier molecular flexibility index (Phi) is 4.65. The predicted octanol–water partition coefficient (Wildman–Crippen LogP) is 2.59. The molecular weight excluding hydrogens is 344 g/mol. The molecule has 142 valence electrons. The molecule has 1 saturated heterocycles. The maximum absolute atomic E-state index is 12.9. The lowest BCUT2D eigenvalue weighted by Crippen LogP contribution is -2.49. The van der Waals surface area contributed by atoms with Crippen LogP contribution in [0.25, 0.3) is 10.9 Å². The molecule has 0 saturated carbocycles. The number of amides is 1. The summed E-state index contributed by atoms with van der Waals surface area (Å²) in [4.78, 5) is 21.5. The van der Waals surface area contributed by atoms with Crippen LogP contribution >= 0.6 is 0 Å². The van der Waals surface area contributed by atoms with Gasteiger partial charge >= 0.3 is 0 Å². The molecule has 8 heteroatoms. The van der Waals surface area contributed by atoms with Crippen molar-refractivity contribution in [3.8, 4) is 0 Å². The lowest BCUT2D eigenvalue weighted by molar-refractivity contribution is 0.0548. The number of nitrogens with one attached hydrogen (secondary N) is 1. The molecule has 0 aliphatic carbocycles. The van der Waals surface area contributed by atoms with Gasteiger partial charge in [-0.15, -0.1) is 0 Å². The number of nitrogens with zero attached hydrogens (tertiary/aromatic N) is 5. The van der Waals surface area contributed by atoms with Crippen LogP contribution in [0, 0.1) is 0 Å². The standard InChI is InChI=1S/C19H24N6O2/c1-12(2)17-20-18(27-23-17)13(3)24-8-10-25(11-9-24)19(26)16-14-6-4-5-7-15(14)21-22-16/h4-7,12-13H,8-11H2,1-3H3,(H,21,22). The van der Waals surface area contributed by atoms with Crippen molar-refractivity contribution in [2.75, 3.05) is 26.2 Å². The summed E-state index contributed by atoms with van der Waals surface area (Å²) < 4.78 is 5.42. The van der Waals surface area contributed by atoms with Gasteiger partial charge < -0.3 is 9.42 Å². The Hall–Kier alpha value is -2.74. The summed E-state index contributed by atoms with van der Waals surface area (Å²) >= 11 is 0. The smallest absolute Gasteiger partial charge is 0.275 e. The van der Waals surface area contributed by atoms with Gasteiger partial charge in [-0.3, -0.25) is 14.8 Å². The molecule has 0 radical (unpaired) electrons. The van der Waals surface area contributed by atoms with Gasteiger partial charge in [0.2, 0.25) is 5.89 Å². The van der Waals surface area contributed by atoms with Crippen LogP contribution in [0.1, 0.15) is 54.9 Å². The van der Waals surface area contributed by atoms with Crippen LogP contribution in [0.3, 0.4) is 0 Å². The average molecular weight is 368 g/mol. The van der Waals surface area contributed by atoms with E-state index in [1.54, 1.807) is 0 Å². The van der Waals surface area contributed by atoms with Crippen molar-refractivity contribution in [2.24, 2.45) is 0 Å². The van der Waals surface area contributed by atoms with E-state index in [4.69, 9.17) is 4.52 Å². The molecule has 0 spiro atoms. The second-order valence-electron chi connectivity index (χ2n) is 7.27. The zero-order valence-corrected chi connectivity index (χ0v) is 15.8. The number of aromatic nitrogens is 4. The first-order chi connectivity index (χ1) is 13.0. The summed E-state index contributed by atoms with van der Waals surface area (Å²) in [6.45, 7) is 8.97. The molecule has 1 atom stereocenters. The van der Waals surface area contributed by atoms with Crippen molar-refractivity contribution < 1.29 is 9.32 Å². The van der Waals surface area contributed by atoms with Crippen LogP contribution < -0.4 is 0 Å². The minimum absolute atomic E-state index is 0.0281. The summed E-state index contributed by atoms with van der Waals surface area (Å²) in [6, 6.07) is 7.73. The van der Waals surface area contributed by atoms with E-state index in [9.17, 15) is 4.79 Å². The summed E-state index contributed by atoms with van der Waals surface area (Å²) in [5, 5.41) is 12.1. The van der Waals surface area contributed by atoms with Gasteiger partial charge in [0.05, 0.1) is 11.6 Å². The molecule has 1 aliphatic rings. The summed E-state index contributed by atoms with van der Waals surface area (Å²) in [5.41, 5.74) is 1.37. The highest BCUT2D eigenvalue weighted by Crippen LogP contribution is 2.23. The number of piperazine rings is 1. The Morgan fingerprint density at radius 3 is 2.59 bits per heavy atom. The third-order valence-corrected chi connectivity index (χ3v) is 5.15. The Labute approximate surface area is 157 Å². The van der Waals surface area contributed by atoms with Crippen LogP contribution in [-0.4, -0.2) is 62.2 Å². The van der Waals surface area contributed by atoms with Crippen molar-refractivity contribution in [1.29, 1.82) is 0 Å². The Morgan fingerprint density at radius 2 is 1.89 bits per heavy atom. The molecule has 3 aromatic rings. The van der Waals surface area contributed by atoms with E-state index in [0.717, 1.165) is 29.8 Å². The SMILES string of the molecule is CC(C)c1noc(C(C)N2CCN(C(=O)c3n[nH]c4ccccc34)CC2)n1. The number of benzene rings is 1. The lowest BCUT2D eigenvalue weighted by atomic mass is 10.1. The fraction of sp³-hybridized carbons (Fsp3) is 0.474. The molecule has 1 aromatic carbocycles. The summed E-state index contributed by atoms with van der Waals surface area (Å²) in [7, 11) is 0. The molecule has 2 aromatic heterocycles. The van der Waals surface area contributed by atoms with Gasteiger partial charge in [0.1, 0.15) is 0 Å². The number of carbonyl (C=O) groups is 1. The molecule has 1 aliphatic heterocycles. The Morgan fingerprint density at radius 1 is 1.15 bits per heavy atom. The first-order valence-corrected chi connectivity index (χ1v) is 9.34. The zero-order chi connectivity index (χ0) is 19.0. The summed E-state index contributed by atoms with van der Waals surface area (Å²) in [6.07, 6.45) is 0. The number of aromatic amines is 1. The fourth-order valence-corrected chi connectivity index (χ4v) is 3.40. The molecule has 27 heavy (non-hydrogen) atoms. The van der Waals surface area contributed by atoms with E-state index in [2.05, 4.69) is 32.2 Å². The van der Waals surface area contributed by atoms with Crippen molar-refractivity contribution in [3.05, 3.63) is 41.7 Å². The minimum Gasteiger partial charge on any atom is -0.338 e. The number of hydrogen-bond donors (Lipinski definition) is 1. The molecule has 1 amide bonds. The second kappa shape index (κ2) is 7.11. The van der Waals surface area contributed by atoms with Crippen molar-refractivity contribution >= 4 is 16.8 Å². The molecule has 1 fully saturated rings. The van der Waals surface area contributed by atoms with Crippen LogP contribution in [0.5, 0.6) is 0 Å². The van der Waals surface area contributed by atoms with Gasteiger partial charge in [0.15, 0.2) is 11.5 Å². The van der Waals surface area contributed by atoms with E-state index in [0.29, 0.717) is 24.7 Å². The van der Waals surface area contributed by atoms with Crippen LogP contribution in [0.4, 0.5) is 0 Å². The van der Waals surface area contributed by atoms with Crippen molar-refractivity contribution in [3.63, 3.8) is 0 Å². The highest BCUT2D eigenvalue weighted by molar-refractivity contribution is 6.04. The quantitative estimate of drug-likeness (QED) is 0.761. The number of H-pyrrole nitrogens is 1. The number of carbonyl (C=O) groups excluding carboxylic acids is 1. The number of para-hydroxylation sites is 1. The lowest BCUT2D eigenvalue weighted by Gasteiger charge is -2.36. The molecule has 1 N–H and O–H groups in total. The topological polar surface area (TPSA) is 91.2 Å². The van der Waals surface area contributed by atoms with E-state index in [1.165, 1.54) is 0 Å². The van der Waals surface area contributed by atoms with Gasteiger partial charge in [-0.25, -0.2) is 0 Å². The molecule has 8 nitrogen and oxygen atoms in total. The van der Waals surface area contributed by atoms with Crippen molar-refractivity contribution in [1.82, 2.24) is 30.1 Å². The maximum atomic E-state index is 12.9. The van der Waals surface area contributed by atoms with Crippen LogP contribution in [-0.2, 0) is 0 Å². The van der Waals surface area contributed by atoms with E-state index in [-0.39, 0.29) is 17.9 Å². The number of hydrogen-bond acceptors (Lipinski definition) is 6. The molecule has 0 bridgehead atoms. The monoisotopic (exact) mass is 368 g/mol. The fourth-order valence-electron chi connectivity index (χ4n) is 3.40. The maximum Gasteiger partial charge on any atom is 0.275 e. The second-order valence-corrected chi connectivity index (χ2v) is 7.27. The van der Waals surface area contributed by atoms with Gasteiger partial charge in [-0.2, -0.15) is 10.1 Å². The normalized spacial score (nSPS) is 17.0. The number of fused-ring (bicyclic) bond motifs is 1. The van der Waals surface area contributed by atoms with Crippen LogP contribution in [0.15, 0.2) is 28.8 Å². The van der Waals surface area contributed by atoms with Crippen molar-refractivity contribution in [2.45, 2.75) is 32.7 Å². The highest BCUT2D eigenvalue weighted by atomic mass is 16.5. The third-order valence-electron chi connectivity index (χ3n) is 5.15. The average Bonchev–Trinajstić information content (AvgIpc) is 3.34. The van der Waals surface area contributed by atoms with Gasteiger partial charge in [-0.1, -0.05) is 37.2 Å². The molecular formula is C19H24N6O2. The van der Waals surface area contributed by atoms with Crippen LogP contribution in [0.2, 0.25) is 0 Å². The molecule has 4 rings (SSSR count). The summed E-state index contributed by atoms with van der Waals surface area (Å²) in [5.74, 6) is 1.58. The Bertz CT molecular complexity index is 938. The van der Waals surface area contributed by atoms with Gasteiger partial charge in [-0.05, 0) is 13.0 Å². The predicted molar refractivity (Wildman–Crippen MR) is 100 cm³/mol. The minimum atomic E-state index is -0.0281. The van der Waals surface area contributed by atoms with Gasteiger partial charge in [0, 0.05) is 37.5 Å². The van der Waals surface area contributed by atoms with E-state index in [1.807, 2.05) is 43.0 Å². The van der Waals surface area contributed by atoms with E-state index >= 15 is 0 Å². The molecule has 3 heterocycles. The number of rotatable bonds is 4. The molecule has 1 unspecified atom stereocenters. The third kappa shape index (κ3) is 3.32. The van der Waals surface area contributed by atoms with Gasteiger partial charge in [0.25, 0.3) is 5.91 Å².